The van der Waals surface area contributed by atoms with Gasteiger partial charge in [-0.15, -0.1) is 0 Å². The third kappa shape index (κ3) is 4.66. The number of imidazole rings is 1. The van der Waals surface area contributed by atoms with E-state index in [0.717, 1.165) is 55.2 Å². The summed E-state index contributed by atoms with van der Waals surface area (Å²) < 4.78 is 13.5. The Hall–Kier alpha value is -4.03. The molecule has 5 aromatic rings. The van der Waals surface area contributed by atoms with Crippen LogP contribution in [0.3, 0.4) is 0 Å². The summed E-state index contributed by atoms with van der Waals surface area (Å²) >= 11 is 0. The molecule has 0 atom stereocenters. The third-order valence-corrected chi connectivity index (χ3v) is 6.67. The first-order valence-electron chi connectivity index (χ1n) is 11.9. The van der Waals surface area contributed by atoms with Crippen molar-refractivity contribution < 1.29 is 4.39 Å². The summed E-state index contributed by atoms with van der Waals surface area (Å²) in [4.78, 5) is 16.9. The van der Waals surface area contributed by atoms with Crippen LogP contribution in [-0.4, -0.2) is 46.0 Å². The molecule has 6 heteroatoms. The van der Waals surface area contributed by atoms with E-state index in [1.807, 2.05) is 24.5 Å². The van der Waals surface area contributed by atoms with Gasteiger partial charge in [0, 0.05) is 56.4 Å². The smallest absolute Gasteiger partial charge is 0.138 e. The maximum absolute atomic E-state index is 13.5. The van der Waals surface area contributed by atoms with Crippen molar-refractivity contribution in [2.45, 2.75) is 6.54 Å². The highest BCUT2D eigenvalue weighted by Gasteiger charge is 2.17. The van der Waals surface area contributed by atoms with Crippen LogP contribution in [0, 0.1) is 5.82 Å². The first-order chi connectivity index (χ1) is 17.2. The lowest BCUT2D eigenvalue weighted by molar-refractivity contribution is 0.250. The van der Waals surface area contributed by atoms with E-state index >= 15 is 0 Å². The van der Waals surface area contributed by atoms with Crippen LogP contribution < -0.4 is 4.90 Å². The van der Waals surface area contributed by atoms with Gasteiger partial charge in [-0.05, 0) is 53.1 Å². The van der Waals surface area contributed by atoms with Gasteiger partial charge in [0.2, 0.25) is 0 Å². The van der Waals surface area contributed by atoms with Gasteiger partial charge in [0.15, 0.2) is 0 Å². The lowest BCUT2D eigenvalue weighted by Crippen LogP contribution is -2.45. The molecule has 0 amide bonds. The molecule has 35 heavy (non-hydrogen) atoms. The Kier molecular flexibility index (Phi) is 5.72. The molecule has 0 unspecified atom stereocenters. The normalized spacial score (nSPS) is 14.5. The molecule has 174 valence electrons. The number of pyridine rings is 1. The molecule has 1 saturated heterocycles. The van der Waals surface area contributed by atoms with Gasteiger partial charge in [0.05, 0.1) is 11.0 Å². The number of aromatic amines is 1. The Bertz CT molecular complexity index is 1440. The molecule has 3 aromatic carbocycles. The van der Waals surface area contributed by atoms with Crippen molar-refractivity contribution >= 4 is 16.7 Å². The molecule has 2 aromatic heterocycles. The predicted molar refractivity (Wildman–Crippen MR) is 139 cm³/mol. The Morgan fingerprint density at radius 2 is 1.54 bits per heavy atom. The SMILES string of the molecule is Fc1ccc2nc(-c3cccc(-c4ccc(CN5CCN(c6ccncc6)CC5)cc4)c3)[nH]c2c1. The minimum atomic E-state index is -0.267. The van der Waals surface area contributed by atoms with Crippen LogP contribution in [0.2, 0.25) is 0 Å². The number of rotatable bonds is 5. The second-order valence-corrected chi connectivity index (χ2v) is 8.99. The summed E-state index contributed by atoms with van der Waals surface area (Å²) in [5.41, 5.74) is 7.32. The van der Waals surface area contributed by atoms with E-state index in [2.05, 4.69) is 73.3 Å². The zero-order valence-electron chi connectivity index (χ0n) is 19.4. The monoisotopic (exact) mass is 463 g/mol. The zero-order chi connectivity index (χ0) is 23.6. The van der Waals surface area contributed by atoms with Gasteiger partial charge < -0.3 is 9.88 Å². The second-order valence-electron chi connectivity index (χ2n) is 8.99. The first-order valence-corrected chi connectivity index (χ1v) is 11.9. The summed E-state index contributed by atoms with van der Waals surface area (Å²) in [7, 11) is 0. The molecular weight excluding hydrogens is 437 g/mol. The van der Waals surface area contributed by atoms with Gasteiger partial charge in [-0.2, -0.15) is 0 Å². The predicted octanol–water partition coefficient (Wildman–Crippen LogP) is 5.75. The van der Waals surface area contributed by atoms with Crippen LogP contribution in [0.4, 0.5) is 10.1 Å². The molecule has 0 spiro atoms. The number of nitrogens with zero attached hydrogens (tertiary/aromatic N) is 4. The number of fused-ring (bicyclic) bond motifs is 1. The number of halogens is 1. The molecule has 0 saturated carbocycles. The summed E-state index contributed by atoms with van der Waals surface area (Å²) in [5, 5.41) is 0. The lowest BCUT2D eigenvalue weighted by atomic mass is 10.0. The average Bonchev–Trinajstić information content (AvgIpc) is 3.34. The van der Waals surface area contributed by atoms with Crippen molar-refractivity contribution in [2.24, 2.45) is 0 Å². The van der Waals surface area contributed by atoms with Crippen molar-refractivity contribution in [2.75, 3.05) is 31.1 Å². The zero-order valence-corrected chi connectivity index (χ0v) is 19.4. The molecule has 0 aliphatic carbocycles. The molecule has 1 N–H and O–H groups in total. The topological polar surface area (TPSA) is 48.1 Å². The Balaban J connectivity index is 1.13. The number of H-pyrrole nitrogens is 1. The average molecular weight is 464 g/mol. The van der Waals surface area contributed by atoms with Gasteiger partial charge in [-0.25, -0.2) is 9.37 Å². The highest BCUT2D eigenvalue weighted by Crippen LogP contribution is 2.27. The molecule has 1 fully saturated rings. The van der Waals surface area contributed by atoms with E-state index in [0.29, 0.717) is 5.52 Å². The highest BCUT2D eigenvalue weighted by molar-refractivity contribution is 5.80. The summed E-state index contributed by atoms with van der Waals surface area (Å²) in [6, 6.07) is 25.9. The fourth-order valence-electron chi connectivity index (χ4n) is 4.74. The molecule has 1 aliphatic rings. The van der Waals surface area contributed by atoms with Gasteiger partial charge in [-0.1, -0.05) is 42.5 Å². The van der Waals surface area contributed by atoms with Crippen LogP contribution in [0.5, 0.6) is 0 Å². The van der Waals surface area contributed by atoms with E-state index in [9.17, 15) is 4.39 Å². The second kappa shape index (κ2) is 9.31. The van der Waals surface area contributed by atoms with Crippen molar-refractivity contribution in [1.29, 1.82) is 0 Å². The van der Waals surface area contributed by atoms with Crippen LogP contribution in [0.15, 0.2) is 91.3 Å². The quantitative estimate of drug-likeness (QED) is 0.360. The molecule has 0 bridgehead atoms. The fraction of sp³-hybridized carbons (Fsp3) is 0.172. The van der Waals surface area contributed by atoms with Gasteiger partial charge in [0.25, 0.3) is 0 Å². The number of benzene rings is 3. The van der Waals surface area contributed by atoms with E-state index in [4.69, 9.17) is 0 Å². The molecule has 3 heterocycles. The maximum atomic E-state index is 13.5. The third-order valence-electron chi connectivity index (χ3n) is 6.67. The number of piperazine rings is 1. The highest BCUT2D eigenvalue weighted by atomic mass is 19.1. The number of nitrogens with one attached hydrogen (secondary N) is 1. The molecule has 6 rings (SSSR count). The van der Waals surface area contributed by atoms with Gasteiger partial charge in [0.1, 0.15) is 11.6 Å². The number of hydrogen-bond acceptors (Lipinski definition) is 4. The van der Waals surface area contributed by atoms with E-state index in [-0.39, 0.29) is 5.82 Å². The lowest BCUT2D eigenvalue weighted by Gasteiger charge is -2.36. The molecule has 1 aliphatic heterocycles. The van der Waals surface area contributed by atoms with Crippen LogP contribution in [0.25, 0.3) is 33.5 Å². The summed E-state index contributed by atoms with van der Waals surface area (Å²) in [5.74, 6) is 0.479. The Morgan fingerprint density at radius 1 is 0.771 bits per heavy atom. The summed E-state index contributed by atoms with van der Waals surface area (Å²) in [6.07, 6.45) is 3.72. The maximum Gasteiger partial charge on any atom is 0.138 e. The van der Waals surface area contributed by atoms with E-state index in [1.54, 1.807) is 6.07 Å². The van der Waals surface area contributed by atoms with Crippen LogP contribution in [-0.2, 0) is 6.54 Å². The number of hydrogen-bond donors (Lipinski definition) is 1. The van der Waals surface area contributed by atoms with Crippen molar-refractivity contribution in [1.82, 2.24) is 19.9 Å². The minimum Gasteiger partial charge on any atom is -0.369 e. The summed E-state index contributed by atoms with van der Waals surface area (Å²) in [6.45, 7) is 5.12. The number of aromatic nitrogens is 3. The van der Waals surface area contributed by atoms with E-state index in [1.165, 1.54) is 28.9 Å². The minimum absolute atomic E-state index is 0.267. The van der Waals surface area contributed by atoms with Crippen molar-refractivity contribution in [3.05, 3.63) is 103 Å². The fourth-order valence-corrected chi connectivity index (χ4v) is 4.74. The largest absolute Gasteiger partial charge is 0.369 e. The van der Waals surface area contributed by atoms with Crippen molar-refractivity contribution in [3.8, 4) is 22.5 Å². The molecule has 0 radical (unpaired) electrons. The Labute approximate surface area is 203 Å². The first kappa shape index (κ1) is 21.5. The van der Waals surface area contributed by atoms with Gasteiger partial charge in [-0.3, -0.25) is 9.88 Å². The molecule has 5 nitrogen and oxygen atoms in total. The molecular formula is C29H26FN5. The van der Waals surface area contributed by atoms with Crippen LogP contribution in [0.1, 0.15) is 5.56 Å². The van der Waals surface area contributed by atoms with E-state index < -0.39 is 0 Å². The standard InChI is InChI=1S/C29H26FN5/c30-25-8-9-27-28(19-25)33-29(32-27)24-3-1-2-23(18-24)22-6-4-21(5-7-22)20-34-14-16-35(17-15-34)26-10-12-31-13-11-26/h1-13,18-19H,14-17,20H2,(H,32,33). The number of anilines is 1. The van der Waals surface area contributed by atoms with Crippen molar-refractivity contribution in [3.63, 3.8) is 0 Å². The van der Waals surface area contributed by atoms with Crippen LogP contribution >= 0.6 is 0 Å². The Morgan fingerprint density at radius 3 is 2.34 bits per heavy atom. The van der Waals surface area contributed by atoms with Gasteiger partial charge >= 0.3 is 0 Å².